The summed E-state index contributed by atoms with van der Waals surface area (Å²) in [5.41, 5.74) is 8.82. The van der Waals surface area contributed by atoms with E-state index in [1.165, 1.54) is 24.0 Å². The van der Waals surface area contributed by atoms with Crippen LogP contribution in [-0.2, 0) is 13.0 Å². The number of hydrogen-bond donors (Lipinski definition) is 1. The van der Waals surface area contributed by atoms with Crippen molar-refractivity contribution in [1.29, 1.82) is 0 Å². The Kier molecular flexibility index (Phi) is 4.83. The minimum Gasteiger partial charge on any atom is -0.496 e. The van der Waals surface area contributed by atoms with Crippen LogP contribution in [0.5, 0.6) is 5.75 Å². The first-order valence-electron chi connectivity index (χ1n) is 7.27. The molecule has 0 heterocycles. The summed E-state index contributed by atoms with van der Waals surface area (Å²) >= 11 is 0. The van der Waals surface area contributed by atoms with Crippen molar-refractivity contribution in [1.82, 2.24) is 4.90 Å². The number of nitrogens with two attached hydrogens (primary N) is 1. The number of nitrogens with zero attached hydrogens (tertiary/aromatic N) is 1. The standard InChI is InChI=1S/C16H26N2O/c1-4-12-8-9-16(19-3)13(10-12)11-18(2)15-7-5-6-14(15)17/h8-10,14-15H,4-7,11,17H2,1-3H3. The van der Waals surface area contributed by atoms with Gasteiger partial charge in [0.15, 0.2) is 0 Å². The maximum absolute atomic E-state index is 6.19. The first-order valence-corrected chi connectivity index (χ1v) is 7.27. The van der Waals surface area contributed by atoms with Crippen molar-refractivity contribution in [3.63, 3.8) is 0 Å². The Morgan fingerprint density at radius 2 is 2.16 bits per heavy atom. The molecule has 0 saturated heterocycles. The lowest BCUT2D eigenvalue weighted by atomic mass is 10.1. The van der Waals surface area contributed by atoms with E-state index >= 15 is 0 Å². The summed E-state index contributed by atoms with van der Waals surface area (Å²) in [6.45, 7) is 3.09. The summed E-state index contributed by atoms with van der Waals surface area (Å²) in [6, 6.07) is 7.32. The summed E-state index contributed by atoms with van der Waals surface area (Å²) in [4.78, 5) is 2.38. The Hall–Kier alpha value is -1.06. The second-order valence-electron chi connectivity index (χ2n) is 5.58. The normalized spacial score (nSPS) is 23.0. The number of aryl methyl sites for hydroxylation is 1. The predicted molar refractivity (Wildman–Crippen MR) is 79.5 cm³/mol. The van der Waals surface area contributed by atoms with Gasteiger partial charge in [-0.1, -0.05) is 25.5 Å². The molecular formula is C16H26N2O. The van der Waals surface area contributed by atoms with Gasteiger partial charge in [0.2, 0.25) is 0 Å². The highest BCUT2D eigenvalue weighted by Crippen LogP contribution is 2.26. The van der Waals surface area contributed by atoms with E-state index in [-0.39, 0.29) is 0 Å². The second kappa shape index (κ2) is 6.40. The molecular weight excluding hydrogens is 236 g/mol. The van der Waals surface area contributed by atoms with E-state index < -0.39 is 0 Å². The van der Waals surface area contributed by atoms with Crippen molar-refractivity contribution in [3.8, 4) is 5.75 Å². The molecule has 2 N–H and O–H groups in total. The van der Waals surface area contributed by atoms with Crippen LogP contribution in [0.3, 0.4) is 0 Å². The number of rotatable bonds is 5. The van der Waals surface area contributed by atoms with E-state index in [0.29, 0.717) is 12.1 Å². The first kappa shape index (κ1) is 14.4. The van der Waals surface area contributed by atoms with Crippen molar-refractivity contribution < 1.29 is 4.74 Å². The molecule has 2 atom stereocenters. The molecule has 106 valence electrons. The molecule has 2 unspecified atom stereocenters. The van der Waals surface area contributed by atoms with Crippen molar-refractivity contribution in [2.45, 2.75) is 51.2 Å². The van der Waals surface area contributed by atoms with Crippen molar-refractivity contribution in [2.24, 2.45) is 5.73 Å². The molecule has 1 fully saturated rings. The van der Waals surface area contributed by atoms with Gasteiger partial charge in [-0.2, -0.15) is 0 Å². The van der Waals surface area contributed by atoms with Gasteiger partial charge in [0.1, 0.15) is 5.75 Å². The van der Waals surface area contributed by atoms with Gasteiger partial charge in [0.05, 0.1) is 7.11 Å². The molecule has 0 aliphatic heterocycles. The molecule has 1 aromatic rings. The highest BCUT2D eigenvalue weighted by atomic mass is 16.5. The molecule has 0 spiro atoms. The van der Waals surface area contributed by atoms with Gasteiger partial charge in [-0.15, -0.1) is 0 Å². The molecule has 3 nitrogen and oxygen atoms in total. The molecule has 1 aromatic carbocycles. The van der Waals surface area contributed by atoms with E-state index in [0.717, 1.165) is 25.1 Å². The lowest BCUT2D eigenvalue weighted by Crippen LogP contribution is -2.41. The summed E-state index contributed by atoms with van der Waals surface area (Å²) < 4.78 is 5.48. The Bertz CT molecular complexity index is 419. The van der Waals surface area contributed by atoms with Crippen LogP contribution in [0.15, 0.2) is 18.2 Å². The van der Waals surface area contributed by atoms with Crippen LogP contribution in [0.25, 0.3) is 0 Å². The monoisotopic (exact) mass is 262 g/mol. The third-order valence-corrected chi connectivity index (χ3v) is 4.27. The third-order valence-electron chi connectivity index (χ3n) is 4.27. The molecule has 1 saturated carbocycles. The van der Waals surface area contributed by atoms with Crippen LogP contribution < -0.4 is 10.5 Å². The molecule has 3 heteroatoms. The zero-order valence-corrected chi connectivity index (χ0v) is 12.4. The summed E-state index contributed by atoms with van der Waals surface area (Å²) in [7, 11) is 3.92. The number of ether oxygens (including phenoxy) is 1. The van der Waals surface area contributed by atoms with Gasteiger partial charge in [-0.05, 0) is 37.9 Å². The summed E-state index contributed by atoms with van der Waals surface area (Å²) in [5.74, 6) is 0.982. The zero-order chi connectivity index (χ0) is 13.8. The highest BCUT2D eigenvalue weighted by molar-refractivity contribution is 5.37. The smallest absolute Gasteiger partial charge is 0.123 e. The number of benzene rings is 1. The maximum Gasteiger partial charge on any atom is 0.123 e. The Morgan fingerprint density at radius 3 is 2.74 bits per heavy atom. The quantitative estimate of drug-likeness (QED) is 0.886. The minimum absolute atomic E-state index is 0.324. The third kappa shape index (κ3) is 3.28. The Morgan fingerprint density at radius 1 is 1.37 bits per heavy atom. The van der Waals surface area contributed by atoms with E-state index in [2.05, 4.69) is 37.1 Å². The van der Waals surface area contributed by atoms with Crippen molar-refractivity contribution in [3.05, 3.63) is 29.3 Å². The number of hydrogen-bond acceptors (Lipinski definition) is 3. The summed E-state index contributed by atoms with van der Waals surface area (Å²) in [5, 5.41) is 0. The van der Waals surface area contributed by atoms with E-state index in [4.69, 9.17) is 10.5 Å². The van der Waals surface area contributed by atoms with E-state index in [1.807, 2.05) is 0 Å². The molecule has 0 radical (unpaired) electrons. The molecule has 1 aliphatic rings. The highest BCUT2D eigenvalue weighted by Gasteiger charge is 2.27. The van der Waals surface area contributed by atoms with Gasteiger partial charge in [-0.25, -0.2) is 0 Å². The molecule has 0 amide bonds. The SMILES string of the molecule is CCc1ccc(OC)c(CN(C)C2CCCC2N)c1. The fraction of sp³-hybridized carbons (Fsp3) is 0.625. The van der Waals surface area contributed by atoms with Gasteiger partial charge in [0, 0.05) is 24.2 Å². The molecule has 19 heavy (non-hydrogen) atoms. The predicted octanol–water partition coefficient (Wildman–Crippen LogP) is 2.57. The van der Waals surface area contributed by atoms with Crippen LogP contribution in [0, 0.1) is 0 Å². The minimum atomic E-state index is 0.324. The second-order valence-corrected chi connectivity index (χ2v) is 5.58. The fourth-order valence-corrected chi connectivity index (χ4v) is 3.08. The maximum atomic E-state index is 6.19. The molecule has 0 aromatic heterocycles. The van der Waals surface area contributed by atoms with Crippen LogP contribution in [0.1, 0.15) is 37.3 Å². The summed E-state index contributed by atoms with van der Waals surface area (Å²) in [6.07, 6.45) is 4.68. The zero-order valence-electron chi connectivity index (χ0n) is 12.4. The van der Waals surface area contributed by atoms with Crippen molar-refractivity contribution >= 4 is 0 Å². The average molecular weight is 262 g/mol. The largest absolute Gasteiger partial charge is 0.496 e. The van der Waals surface area contributed by atoms with Crippen LogP contribution in [-0.4, -0.2) is 31.1 Å². The lowest BCUT2D eigenvalue weighted by molar-refractivity contribution is 0.217. The first-order chi connectivity index (χ1) is 9.15. The number of methoxy groups -OCH3 is 1. The van der Waals surface area contributed by atoms with Gasteiger partial charge >= 0.3 is 0 Å². The van der Waals surface area contributed by atoms with Gasteiger partial charge in [0.25, 0.3) is 0 Å². The topological polar surface area (TPSA) is 38.5 Å². The van der Waals surface area contributed by atoms with E-state index in [9.17, 15) is 0 Å². The fourth-order valence-electron chi connectivity index (χ4n) is 3.08. The molecule has 2 rings (SSSR count). The van der Waals surface area contributed by atoms with E-state index in [1.54, 1.807) is 7.11 Å². The van der Waals surface area contributed by atoms with Crippen LogP contribution in [0.4, 0.5) is 0 Å². The molecule has 1 aliphatic carbocycles. The van der Waals surface area contributed by atoms with Crippen molar-refractivity contribution in [2.75, 3.05) is 14.2 Å². The van der Waals surface area contributed by atoms with Crippen LogP contribution in [0.2, 0.25) is 0 Å². The lowest BCUT2D eigenvalue weighted by Gasteiger charge is -2.28. The Labute approximate surface area is 116 Å². The van der Waals surface area contributed by atoms with Gasteiger partial charge in [-0.3, -0.25) is 4.90 Å². The Balaban J connectivity index is 2.12. The van der Waals surface area contributed by atoms with Crippen LogP contribution >= 0.6 is 0 Å². The van der Waals surface area contributed by atoms with Gasteiger partial charge < -0.3 is 10.5 Å². The molecule has 0 bridgehead atoms. The average Bonchev–Trinajstić information content (AvgIpc) is 2.85. The number of likely N-dealkylation sites (N-methyl/N-ethyl adjacent to an activating group) is 1.